The van der Waals surface area contributed by atoms with Crippen LogP contribution in [-0.4, -0.2) is 16.6 Å². The van der Waals surface area contributed by atoms with Crippen LogP contribution >= 0.6 is 0 Å². The van der Waals surface area contributed by atoms with Crippen LogP contribution < -0.4 is 0 Å². The van der Waals surface area contributed by atoms with E-state index in [-0.39, 0.29) is 0 Å². The van der Waals surface area contributed by atoms with Crippen LogP contribution in [0.3, 0.4) is 0 Å². The lowest BCUT2D eigenvalue weighted by Crippen LogP contribution is -2.36. The zero-order valence-electron chi connectivity index (χ0n) is 5.83. The van der Waals surface area contributed by atoms with Gasteiger partial charge in [-0.2, -0.15) is 0 Å². The maximum atomic E-state index is 2.53. The fourth-order valence-corrected chi connectivity index (χ4v) is 7.24. The van der Waals surface area contributed by atoms with Gasteiger partial charge in [0, 0.05) is 16.6 Å². The van der Waals surface area contributed by atoms with Gasteiger partial charge in [0.1, 0.15) is 0 Å². The quantitative estimate of drug-likeness (QED) is 0.454. The summed E-state index contributed by atoms with van der Waals surface area (Å²) in [5.41, 5.74) is 0. The molecule has 1 saturated heterocycles. The Balaban J connectivity index is 2.33. The van der Waals surface area contributed by atoms with Crippen molar-refractivity contribution < 1.29 is 0 Å². The van der Waals surface area contributed by atoms with Gasteiger partial charge < -0.3 is 0 Å². The second-order valence-electron chi connectivity index (χ2n) is 3.27. The van der Waals surface area contributed by atoms with E-state index in [4.69, 9.17) is 0 Å². The molecule has 46 valence electrons. The summed E-state index contributed by atoms with van der Waals surface area (Å²) in [5, 5.41) is 0. The summed E-state index contributed by atoms with van der Waals surface area (Å²) in [5.74, 6) is 0. The van der Waals surface area contributed by atoms with E-state index in [2.05, 4.69) is 13.1 Å². The smallest absolute Gasteiger partial charge is 0.0357 e. The first-order valence-corrected chi connectivity index (χ1v) is 8.87. The maximum Gasteiger partial charge on any atom is 0.0357 e. The minimum atomic E-state index is -0.563. The second kappa shape index (κ2) is 2.35. The van der Waals surface area contributed by atoms with Crippen LogP contribution in [0, 0.1) is 0 Å². The molecule has 1 fully saturated rings. The Hall–Kier alpha value is 0.434. The van der Waals surface area contributed by atoms with Crippen LogP contribution in [0.2, 0.25) is 25.2 Å². The molecule has 1 aliphatic rings. The Labute approximate surface area is 55.3 Å². The monoisotopic (exact) mass is 142 g/mol. The third-order valence-corrected chi connectivity index (χ3v) is 9.37. The van der Waals surface area contributed by atoms with Crippen molar-refractivity contribution in [1.82, 2.24) is 0 Å². The van der Waals surface area contributed by atoms with Crippen molar-refractivity contribution in [3.63, 3.8) is 0 Å². The van der Waals surface area contributed by atoms with Crippen molar-refractivity contribution in [2.75, 3.05) is 0 Å². The Bertz CT molecular complexity index is 70.6. The minimum absolute atomic E-state index is 0.563. The molecule has 1 heterocycles. The molecule has 0 spiro atoms. The molecule has 0 aromatic carbocycles. The average Bonchev–Trinajstić information content (AvgIpc) is 1.65. The van der Waals surface area contributed by atoms with E-state index in [0.717, 1.165) is 0 Å². The van der Waals surface area contributed by atoms with Crippen molar-refractivity contribution in [2.45, 2.75) is 38.0 Å². The third kappa shape index (κ3) is 1.74. The highest BCUT2D eigenvalue weighted by molar-refractivity contribution is 7.23. The molecular weight excluding hydrogens is 128 g/mol. The van der Waals surface area contributed by atoms with Crippen LogP contribution in [0.5, 0.6) is 0 Å². The number of hydrogen-bond acceptors (Lipinski definition) is 0. The molecule has 8 heavy (non-hydrogen) atoms. The molecule has 1 aliphatic heterocycles. The molecule has 0 amide bonds. The van der Waals surface area contributed by atoms with Gasteiger partial charge in [-0.3, -0.25) is 0 Å². The first-order chi connectivity index (χ1) is 3.71. The second-order valence-corrected chi connectivity index (χ2v) is 13.5. The molecule has 0 N–H and O–H groups in total. The van der Waals surface area contributed by atoms with Gasteiger partial charge in [-0.1, -0.05) is 38.0 Å². The normalized spacial score (nSPS) is 27.8. The highest BCUT2D eigenvalue weighted by Crippen LogP contribution is 2.20. The highest BCUT2D eigenvalue weighted by Gasteiger charge is 2.23. The van der Waals surface area contributed by atoms with Gasteiger partial charge in [0.25, 0.3) is 0 Å². The molecule has 0 aromatic heterocycles. The Kier molecular flexibility index (Phi) is 1.93. The molecule has 0 aliphatic carbocycles. The Morgan fingerprint density at radius 3 is 2.25 bits per heavy atom. The first kappa shape index (κ1) is 6.55. The van der Waals surface area contributed by atoms with Gasteiger partial charge >= 0.3 is 0 Å². The molecule has 2 radical (unpaired) electrons. The van der Waals surface area contributed by atoms with Crippen LogP contribution in [-0.2, 0) is 0 Å². The zero-order valence-corrected chi connectivity index (χ0v) is 7.83. The van der Waals surface area contributed by atoms with E-state index in [9.17, 15) is 0 Å². The van der Waals surface area contributed by atoms with Crippen LogP contribution in [0.1, 0.15) is 12.8 Å². The Morgan fingerprint density at radius 1 is 1.25 bits per heavy atom. The lowest BCUT2D eigenvalue weighted by atomic mass is 10.4. The topological polar surface area (TPSA) is 0 Å². The van der Waals surface area contributed by atoms with Gasteiger partial charge in [-0.05, 0) is 0 Å². The maximum absolute atomic E-state index is 2.53. The van der Waals surface area contributed by atoms with Crippen LogP contribution in [0.15, 0.2) is 0 Å². The average molecular weight is 142 g/mol. The number of hydrogen-bond donors (Lipinski definition) is 0. The molecule has 0 aromatic rings. The van der Waals surface area contributed by atoms with Crippen molar-refractivity contribution in [1.29, 1.82) is 0 Å². The molecule has 0 unspecified atom stereocenters. The number of rotatable bonds is 0. The Morgan fingerprint density at radius 2 is 2.00 bits per heavy atom. The lowest BCUT2D eigenvalue weighted by molar-refractivity contribution is 0.853. The SMILES string of the molecule is C[Si]1(C)CCCC[Si]1. The third-order valence-electron chi connectivity index (χ3n) is 1.83. The van der Waals surface area contributed by atoms with E-state index in [1.54, 1.807) is 12.1 Å². The van der Waals surface area contributed by atoms with Crippen molar-refractivity contribution >= 4 is 16.6 Å². The fraction of sp³-hybridized carbons (Fsp3) is 1.00. The van der Waals surface area contributed by atoms with Crippen molar-refractivity contribution in [2.24, 2.45) is 0 Å². The van der Waals surface area contributed by atoms with Gasteiger partial charge in [0.2, 0.25) is 0 Å². The summed E-state index contributed by atoms with van der Waals surface area (Å²) < 4.78 is 0. The summed E-state index contributed by atoms with van der Waals surface area (Å²) in [6.07, 6.45) is 3.06. The van der Waals surface area contributed by atoms with Crippen molar-refractivity contribution in [3.8, 4) is 0 Å². The lowest BCUT2D eigenvalue weighted by Gasteiger charge is -2.25. The summed E-state index contributed by atoms with van der Waals surface area (Å²) in [4.78, 5) is 0. The highest BCUT2D eigenvalue weighted by atomic mass is 29.2. The molecule has 1 rings (SSSR count). The summed E-state index contributed by atoms with van der Waals surface area (Å²) in [6, 6.07) is 3.16. The summed E-state index contributed by atoms with van der Waals surface area (Å²) in [7, 11) is 0.805. The molecule has 0 nitrogen and oxygen atoms in total. The van der Waals surface area contributed by atoms with E-state index in [1.165, 1.54) is 21.9 Å². The first-order valence-electron chi connectivity index (χ1n) is 3.46. The molecular formula is C6H14Si2. The fourth-order valence-electron chi connectivity index (χ4n) is 1.21. The molecule has 0 bridgehead atoms. The van der Waals surface area contributed by atoms with Crippen molar-refractivity contribution in [3.05, 3.63) is 0 Å². The van der Waals surface area contributed by atoms with Gasteiger partial charge in [-0.25, -0.2) is 0 Å². The van der Waals surface area contributed by atoms with Gasteiger partial charge in [0.05, 0.1) is 0 Å². The van der Waals surface area contributed by atoms with E-state index >= 15 is 0 Å². The van der Waals surface area contributed by atoms with Gasteiger partial charge in [-0.15, -0.1) is 0 Å². The van der Waals surface area contributed by atoms with E-state index in [0.29, 0.717) is 0 Å². The summed E-state index contributed by atoms with van der Waals surface area (Å²) in [6.45, 7) is 5.06. The molecule has 0 saturated carbocycles. The van der Waals surface area contributed by atoms with Crippen LogP contribution in [0.4, 0.5) is 0 Å². The summed E-state index contributed by atoms with van der Waals surface area (Å²) >= 11 is 0. The van der Waals surface area contributed by atoms with E-state index < -0.39 is 7.59 Å². The van der Waals surface area contributed by atoms with Crippen LogP contribution in [0.25, 0.3) is 0 Å². The predicted molar refractivity (Wildman–Crippen MR) is 42.1 cm³/mol. The van der Waals surface area contributed by atoms with E-state index in [1.807, 2.05) is 0 Å². The zero-order chi connectivity index (χ0) is 6.04. The largest absolute Gasteiger partial charge is 0.0717 e. The predicted octanol–water partition coefficient (Wildman–Crippen LogP) is 2.11. The van der Waals surface area contributed by atoms with Gasteiger partial charge in [0.15, 0.2) is 0 Å². The standard InChI is InChI=1S/C6H14Si2/c1-8(2)6-4-3-5-7-8/h3-6H2,1-2H3. The molecule has 2 heteroatoms. The minimum Gasteiger partial charge on any atom is -0.0717 e. The molecule has 0 atom stereocenters.